The zero-order chi connectivity index (χ0) is 15.4. The number of aliphatic hydroxyl groups is 1. The summed E-state index contributed by atoms with van der Waals surface area (Å²) in [4.78, 5) is 8.96. The van der Waals surface area contributed by atoms with E-state index < -0.39 is 0 Å². The minimum absolute atomic E-state index is 0. The quantitative estimate of drug-likeness (QED) is 0.890. The molecule has 1 aliphatic heterocycles. The van der Waals surface area contributed by atoms with Crippen molar-refractivity contribution in [1.29, 1.82) is 0 Å². The Labute approximate surface area is 147 Å². The van der Waals surface area contributed by atoms with Crippen LogP contribution in [-0.4, -0.2) is 59.2 Å². The van der Waals surface area contributed by atoms with Gasteiger partial charge in [0.1, 0.15) is 0 Å². The van der Waals surface area contributed by atoms with Crippen molar-refractivity contribution in [1.82, 2.24) is 14.8 Å². The van der Waals surface area contributed by atoms with Gasteiger partial charge in [0, 0.05) is 43.3 Å². The Bertz CT molecular complexity index is 596. The van der Waals surface area contributed by atoms with Crippen molar-refractivity contribution in [3.8, 4) is 11.3 Å². The molecule has 1 saturated heterocycles. The molecule has 0 unspecified atom stereocenters. The molecule has 1 aromatic carbocycles. The van der Waals surface area contributed by atoms with E-state index in [4.69, 9.17) is 21.1 Å². The minimum Gasteiger partial charge on any atom is -0.439 e. The van der Waals surface area contributed by atoms with Crippen LogP contribution < -0.4 is 0 Å². The lowest BCUT2D eigenvalue weighted by molar-refractivity contribution is 0.103. The molecule has 0 radical (unpaired) electrons. The average molecular weight is 358 g/mol. The van der Waals surface area contributed by atoms with Crippen molar-refractivity contribution in [2.24, 2.45) is 0 Å². The van der Waals surface area contributed by atoms with Crippen LogP contribution in [0, 0.1) is 0 Å². The van der Waals surface area contributed by atoms with Crippen LogP contribution in [-0.2, 0) is 6.54 Å². The first-order chi connectivity index (χ1) is 10.7. The number of aliphatic hydroxyl groups excluding tert-OH is 1. The molecule has 2 aromatic rings. The zero-order valence-electron chi connectivity index (χ0n) is 12.8. The van der Waals surface area contributed by atoms with Gasteiger partial charge < -0.3 is 9.52 Å². The SMILES string of the molecule is Cl.OCCN1CCN(Cc2ncc(-c3ccc(Cl)cc3)o2)CC1. The van der Waals surface area contributed by atoms with E-state index in [1.54, 1.807) is 6.20 Å². The Balaban J connectivity index is 0.00000192. The van der Waals surface area contributed by atoms with E-state index in [2.05, 4.69) is 14.8 Å². The number of hydrogen-bond acceptors (Lipinski definition) is 5. The van der Waals surface area contributed by atoms with Crippen LogP contribution >= 0.6 is 24.0 Å². The molecule has 2 heterocycles. The van der Waals surface area contributed by atoms with Gasteiger partial charge in [-0.15, -0.1) is 12.4 Å². The second-order valence-corrected chi connectivity index (χ2v) is 5.90. The van der Waals surface area contributed by atoms with Gasteiger partial charge in [0.05, 0.1) is 19.3 Å². The smallest absolute Gasteiger partial charge is 0.209 e. The summed E-state index contributed by atoms with van der Waals surface area (Å²) in [5, 5.41) is 9.67. The molecule has 1 N–H and O–H groups in total. The Hall–Kier alpha value is -1.11. The van der Waals surface area contributed by atoms with Crippen molar-refractivity contribution in [2.75, 3.05) is 39.3 Å². The maximum atomic E-state index is 8.96. The third-order valence-electron chi connectivity index (χ3n) is 3.92. The lowest BCUT2D eigenvalue weighted by Crippen LogP contribution is -2.46. The number of nitrogens with zero attached hydrogens (tertiary/aromatic N) is 3. The number of rotatable bonds is 5. The number of β-amino-alcohol motifs (C(OH)–C–C–N with tert-alkyl or cyclic N) is 1. The molecule has 0 amide bonds. The van der Waals surface area contributed by atoms with Crippen LogP contribution in [0.1, 0.15) is 5.89 Å². The minimum atomic E-state index is 0. The lowest BCUT2D eigenvalue weighted by Gasteiger charge is -2.33. The summed E-state index contributed by atoms with van der Waals surface area (Å²) in [5.74, 6) is 1.51. The first kappa shape index (κ1) is 18.2. The van der Waals surface area contributed by atoms with Gasteiger partial charge in [-0.1, -0.05) is 11.6 Å². The number of halogens is 2. The molecule has 0 aliphatic carbocycles. The highest BCUT2D eigenvalue weighted by Crippen LogP contribution is 2.22. The second-order valence-electron chi connectivity index (χ2n) is 5.47. The van der Waals surface area contributed by atoms with Crippen LogP contribution in [0.3, 0.4) is 0 Å². The molecule has 0 atom stereocenters. The predicted octanol–water partition coefficient (Wildman–Crippen LogP) is 2.53. The number of hydrogen-bond donors (Lipinski definition) is 1. The summed E-state index contributed by atoms with van der Waals surface area (Å²) in [6.45, 7) is 5.60. The van der Waals surface area contributed by atoms with Crippen LogP contribution in [0.25, 0.3) is 11.3 Å². The predicted molar refractivity (Wildman–Crippen MR) is 93.0 cm³/mol. The Morgan fingerprint density at radius 3 is 2.39 bits per heavy atom. The van der Waals surface area contributed by atoms with Gasteiger partial charge in [0.15, 0.2) is 5.76 Å². The number of benzene rings is 1. The third kappa shape index (κ3) is 4.93. The summed E-state index contributed by atoms with van der Waals surface area (Å²) in [7, 11) is 0. The lowest BCUT2D eigenvalue weighted by atomic mass is 10.2. The molecule has 1 fully saturated rings. The Kier molecular flexibility index (Phi) is 6.87. The number of piperazine rings is 1. The first-order valence-corrected chi connectivity index (χ1v) is 7.88. The topological polar surface area (TPSA) is 52.7 Å². The average Bonchev–Trinajstić information content (AvgIpc) is 2.99. The van der Waals surface area contributed by atoms with Gasteiger partial charge in [-0.2, -0.15) is 0 Å². The van der Waals surface area contributed by atoms with Crippen molar-refractivity contribution >= 4 is 24.0 Å². The molecule has 5 nitrogen and oxygen atoms in total. The van der Waals surface area contributed by atoms with Crippen molar-refractivity contribution in [2.45, 2.75) is 6.54 Å². The standard InChI is InChI=1S/C16H20ClN3O2.ClH/c17-14-3-1-13(2-4-14)15-11-18-16(22-15)12-20-7-5-19(6-8-20)9-10-21;/h1-4,11,21H,5-10,12H2;1H. The van der Waals surface area contributed by atoms with E-state index in [0.29, 0.717) is 5.02 Å². The van der Waals surface area contributed by atoms with E-state index in [1.165, 1.54) is 0 Å². The van der Waals surface area contributed by atoms with E-state index in [-0.39, 0.29) is 19.0 Å². The maximum absolute atomic E-state index is 8.96. The highest BCUT2D eigenvalue weighted by atomic mass is 35.5. The fourth-order valence-electron chi connectivity index (χ4n) is 2.63. The van der Waals surface area contributed by atoms with Crippen molar-refractivity contribution in [3.05, 3.63) is 41.4 Å². The molecule has 3 rings (SSSR count). The van der Waals surface area contributed by atoms with Crippen molar-refractivity contribution < 1.29 is 9.52 Å². The summed E-state index contributed by atoms with van der Waals surface area (Å²) in [6.07, 6.45) is 1.76. The molecule has 23 heavy (non-hydrogen) atoms. The van der Waals surface area contributed by atoms with E-state index in [0.717, 1.165) is 56.5 Å². The monoisotopic (exact) mass is 357 g/mol. The summed E-state index contributed by atoms with van der Waals surface area (Å²) < 4.78 is 5.84. The van der Waals surface area contributed by atoms with Crippen LogP contribution in [0.4, 0.5) is 0 Å². The Morgan fingerprint density at radius 1 is 1.09 bits per heavy atom. The van der Waals surface area contributed by atoms with Gasteiger partial charge in [-0.05, 0) is 24.3 Å². The molecule has 126 valence electrons. The summed E-state index contributed by atoms with van der Waals surface area (Å²) in [5.41, 5.74) is 0.982. The molecule has 1 aromatic heterocycles. The molecular formula is C16H21Cl2N3O2. The normalized spacial score (nSPS) is 16.3. The fraction of sp³-hybridized carbons (Fsp3) is 0.438. The summed E-state index contributed by atoms with van der Waals surface area (Å²) >= 11 is 5.89. The molecular weight excluding hydrogens is 337 g/mol. The van der Waals surface area contributed by atoms with Gasteiger partial charge >= 0.3 is 0 Å². The highest BCUT2D eigenvalue weighted by Gasteiger charge is 2.18. The van der Waals surface area contributed by atoms with Gasteiger partial charge in [-0.3, -0.25) is 9.80 Å². The number of oxazole rings is 1. The highest BCUT2D eigenvalue weighted by molar-refractivity contribution is 6.30. The zero-order valence-corrected chi connectivity index (χ0v) is 14.4. The van der Waals surface area contributed by atoms with Gasteiger partial charge in [0.25, 0.3) is 0 Å². The van der Waals surface area contributed by atoms with Crippen LogP contribution in [0.2, 0.25) is 5.02 Å². The molecule has 7 heteroatoms. The van der Waals surface area contributed by atoms with Crippen LogP contribution in [0.5, 0.6) is 0 Å². The molecule has 1 aliphatic rings. The number of aromatic nitrogens is 1. The second kappa shape index (κ2) is 8.66. The molecule has 0 saturated carbocycles. The molecule has 0 bridgehead atoms. The van der Waals surface area contributed by atoms with Gasteiger partial charge in [0.2, 0.25) is 5.89 Å². The van der Waals surface area contributed by atoms with E-state index >= 15 is 0 Å². The first-order valence-electron chi connectivity index (χ1n) is 7.51. The van der Waals surface area contributed by atoms with Gasteiger partial charge in [-0.25, -0.2) is 4.98 Å². The van der Waals surface area contributed by atoms with E-state index in [1.807, 2.05) is 24.3 Å². The maximum Gasteiger partial charge on any atom is 0.209 e. The van der Waals surface area contributed by atoms with Crippen LogP contribution in [0.15, 0.2) is 34.9 Å². The van der Waals surface area contributed by atoms with E-state index in [9.17, 15) is 0 Å². The Morgan fingerprint density at radius 2 is 1.74 bits per heavy atom. The molecule has 0 spiro atoms. The largest absolute Gasteiger partial charge is 0.439 e. The van der Waals surface area contributed by atoms with Crippen molar-refractivity contribution in [3.63, 3.8) is 0 Å². The fourth-order valence-corrected chi connectivity index (χ4v) is 2.76. The summed E-state index contributed by atoms with van der Waals surface area (Å²) in [6, 6.07) is 7.56. The third-order valence-corrected chi connectivity index (χ3v) is 4.17.